The van der Waals surface area contributed by atoms with Gasteiger partial charge in [-0.3, -0.25) is 4.79 Å². The minimum atomic E-state index is -0.401. The Bertz CT molecular complexity index is 223. The second-order valence-electron chi connectivity index (χ2n) is 5.33. The van der Waals surface area contributed by atoms with Gasteiger partial charge in [-0.15, -0.1) is 0 Å². The Morgan fingerprint density at radius 1 is 1.35 bits per heavy atom. The van der Waals surface area contributed by atoms with E-state index < -0.39 is 5.91 Å². The second kappa shape index (κ2) is 7.67. The molecule has 1 aliphatic carbocycles. The van der Waals surface area contributed by atoms with Gasteiger partial charge in [-0.05, 0) is 37.5 Å². The molecule has 0 atom stereocenters. The first-order chi connectivity index (χ1) is 8.09. The van der Waals surface area contributed by atoms with E-state index >= 15 is 0 Å². The summed E-state index contributed by atoms with van der Waals surface area (Å²) in [6.45, 7) is 6.03. The van der Waals surface area contributed by atoms with Crippen molar-refractivity contribution in [3.05, 3.63) is 0 Å². The van der Waals surface area contributed by atoms with E-state index in [4.69, 9.17) is 10.5 Å². The number of carbonyl (C=O) groups excluding carboxylic acids is 1. The molecular weight excluding hydrogens is 216 g/mol. The van der Waals surface area contributed by atoms with Crippen molar-refractivity contribution in [3.63, 3.8) is 0 Å². The first-order valence-electron chi connectivity index (χ1n) is 6.69. The molecule has 0 spiro atoms. The molecule has 0 aromatic carbocycles. The van der Waals surface area contributed by atoms with Crippen LogP contribution in [0.5, 0.6) is 0 Å². The van der Waals surface area contributed by atoms with E-state index in [1.807, 2.05) is 0 Å². The maximum Gasteiger partial charge on any atom is 0.243 e. The Kier molecular flexibility index (Phi) is 6.52. The highest BCUT2D eigenvalue weighted by molar-refractivity contribution is 5.74. The molecule has 4 nitrogen and oxygen atoms in total. The van der Waals surface area contributed by atoms with Crippen LogP contribution >= 0.6 is 0 Å². The fourth-order valence-corrected chi connectivity index (χ4v) is 2.50. The van der Waals surface area contributed by atoms with Crippen molar-refractivity contribution in [3.8, 4) is 0 Å². The molecule has 1 aliphatic rings. The number of nitrogens with two attached hydrogens (primary N) is 1. The van der Waals surface area contributed by atoms with Gasteiger partial charge >= 0.3 is 0 Å². The van der Waals surface area contributed by atoms with Gasteiger partial charge in [-0.25, -0.2) is 0 Å². The van der Waals surface area contributed by atoms with Crippen LogP contribution in [-0.4, -0.2) is 31.7 Å². The minimum absolute atomic E-state index is 0.0295. The molecule has 0 aliphatic heterocycles. The van der Waals surface area contributed by atoms with E-state index in [0.29, 0.717) is 12.6 Å². The van der Waals surface area contributed by atoms with Crippen LogP contribution in [-0.2, 0) is 9.53 Å². The molecule has 3 N–H and O–H groups in total. The van der Waals surface area contributed by atoms with Gasteiger partial charge in [-0.1, -0.05) is 13.8 Å². The second-order valence-corrected chi connectivity index (χ2v) is 5.33. The third kappa shape index (κ3) is 6.03. The first-order valence-corrected chi connectivity index (χ1v) is 6.69. The zero-order valence-electron chi connectivity index (χ0n) is 11.1. The third-order valence-electron chi connectivity index (χ3n) is 3.64. The molecule has 0 aromatic heterocycles. The maximum atomic E-state index is 10.4. The molecule has 100 valence electrons. The zero-order valence-corrected chi connectivity index (χ0v) is 11.1. The highest BCUT2D eigenvalue weighted by Crippen LogP contribution is 2.29. The molecule has 0 saturated heterocycles. The fraction of sp³-hybridized carbons (Fsp3) is 0.923. The molecule has 1 saturated carbocycles. The lowest BCUT2D eigenvalue weighted by Crippen LogP contribution is -2.36. The normalized spacial score (nSPS) is 25.1. The van der Waals surface area contributed by atoms with Crippen LogP contribution in [0.3, 0.4) is 0 Å². The fourth-order valence-electron chi connectivity index (χ4n) is 2.50. The number of carbonyl (C=O) groups is 1. The minimum Gasteiger partial charge on any atom is -0.370 e. The van der Waals surface area contributed by atoms with Gasteiger partial charge in [0.15, 0.2) is 0 Å². The van der Waals surface area contributed by atoms with E-state index in [1.54, 1.807) is 0 Å². The van der Waals surface area contributed by atoms with E-state index in [1.165, 1.54) is 25.7 Å². The number of hydrogen-bond donors (Lipinski definition) is 2. The van der Waals surface area contributed by atoms with Crippen molar-refractivity contribution < 1.29 is 9.53 Å². The summed E-state index contributed by atoms with van der Waals surface area (Å²) in [5.74, 6) is 1.32. The van der Waals surface area contributed by atoms with Gasteiger partial charge in [0.25, 0.3) is 0 Å². The zero-order chi connectivity index (χ0) is 12.7. The Morgan fingerprint density at radius 3 is 2.53 bits per heavy atom. The van der Waals surface area contributed by atoms with E-state index in [0.717, 1.165) is 18.4 Å². The van der Waals surface area contributed by atoms with Gasteiger partial charge in [0.2, 0.25) is 5.91 Å². The summed E-state index contributed by atoms with van der Waals surface area (Å²) in [6.07, 6.45) is 5.19. The SMILES string of the molecule is CC(C)C1CCC(NCCOCC(N)=O)CC1. The molecule has 1 fully saturated rings. The van der Waals surface area contributed by atoms with Crippen LogP contribution in [0.2, 0.25) is 0 Å². The maximum absolute atomic E-state index is 10.4. The predicted molar refractivity (Wildman–Crippen MR) is 68.6 cm³/mol. The average Bonchev–Trinajstić information content (AvgIpc) is 2.29. The molecule has 0 radical (unpaired) electrons. The lowest BCUT2D eigenvalue weighted by Gasteiger charge is -2.31. The summed E-state index contributed by atoms with van der Waals surface area (Å²) in [4.78, 5) is 10.4. The number of ether oxygens (including phenoxy) is 1. The topological polar surface area (TPSA) is 64.3 Å². The van der Waals surface area contributed by atoms with E-state index in [9.17, 15) is 4.79 Å². The van der Waals surface area contributed by atoms with Crippen molar-refractivity contribution in [2.24, 2.45) is 17.6 Å². The summed E-state index contributed by atoms with van der Waals surface area (Å²) >= 11 is 0. The molecule has 1 amide bonds. The highest BCUT2D eigenvalue weighted by atomic mass is 16.5. The van der Waals surface area contributed by atoms with Crippen molar-refractivity contribution in [2.45, 2.75) is 45.6 Å². The molecule has 0 bridgehead atoms. The van der Waals surface area contributed by atoms with Gasteiger partial charge in [0, 0.05) is 12.6 Å². The molecular formula is C13H26N2O2. The van der Waals surface area contributed by atoms with Gasteiger partial charge in [-0.2, -0.15) is 0 Å². The molecule has 0 unspecified atom stereocenters. The molecule has 17 heavy (non-hydrogen) atoms. The molecule has 0 heterocycles. The van der Waals surface area contributed by atoms with Crippen LogP contribution in [0, 0.1) is 11.8 Å². The summed E-state index contributed by atoms with van der Waals surface area (Å²) < 4.78 is 5.11. The summed E-state index contributed by atoms with van der Waals surface area (Å²) in [5, 5.41) is 3.48. The Labute approximate surface area is 104 Å². The summed E-state index contributed by atoms with van der Waals surface area (Å²) in [7, 11) is 0. The number of rotatable bonds is 7. The van der Waals surface area contributed by atoms with Gasteiger partial charge in [0.05, 0.1) is 6.61 Å². The smallest absolute Gasteiger partial charge is 0.243 e. The van der Waals surface area contributed by atoms with Crippen LogP contribution in [0.4, 0.5) is 0 Å². The lowest BCUT2D eigenvalue weighted by molar-refractivity contribution is -0.122. The Hall–Kier alpha value is -0.610. The highest BCUT2D eigenvalue weighted by Gasteiger charge is 2.22. The Morgan fingerprint density at radius 2 is 2.00 bits per heavy atom. The van der Waals surface area contributed by atoms with Crippen LogP contribution in [0.15, 0.2) is 0 Å². The lowest BCUT2D eigenvalue weighted by atomic mass is 9.80. The number of nitrogens with one attached hydrogen (secondary N) is 1. The van der Waals surface area contributed by atoms with Crippen molar-refractivity contribution in [1.82, 2.24) is 5.32 Å². The molecule has 1 rings (SSSR count). The van der Waals surface area contributed by atoms with Gasteiger partial charge in [0.1, 0.15) is 6.61 Å². The Balaban J connectivity index is 2.01. The quantitative estimate of drug-likeness (QED) is 0.661. The monoisotopic (exact) mass is 242 g/mol. The molecule has 4 heteroatoms. The number of amides is 1. The number of hydrogen-bond acceptors (Lipinski definition) is 3. The van der Waals surface area contributed by atoms with E-state index in [-0.39, 0.29) is 6.61 Å². The standard InChI is InChI=1S/C13H26N2O2/c1-10(2)11-3-5-12(6-4-11)15-7-8-17-9-13(14)16/h10-12,15H,3-9H2,1-2H3,(H2,14,16). The predicted octanol–water partition coefficient (Wildman–Crippen LogP) is 1.29. The largest absolute Gasteiger partial charge is 0.370 e. The average molecular weight is 242 g/mol. The van der Waals surface area contributed by atoms with Crippen molar-refractivity contribution in [1.29, 1.82) is 0 Å². The number of primary amides is 1. The van der Waals surface area contributed by atoms with Crippen molar-refractivity contribution in [2.75, 3.05) is 19.8 Å². The van der Waals surface area contributed by atoms with E-state index in [2.05, 4.69) is 19.2 Å². The summed E-state index contributed by atoms with van der Waals surface area (Å²) in [5.41, 5.74) is 4.98. The van der Waals surface area contributed by atoms with Gasteiger partial charge < -0.3 is 15.8 Å². The third-order valence-corrected chi connectivity index (χ3v) is 3.64. The van der Waals surface area contributed by atoms with Crippen LogP contribution in [0.1, 0.15) is 39.5 Å². The summed E-state index contributed by atoms with van der Waals surface area (Å²) in [6, 6.07) is 0.627. The molecule has 0 aromatic rings. The van der Waals surface area contributed by atoms with Crippen LogP contribution < -0.4 is 11.1 Å². The first kappa shape index (κ1) is 14.5. The van der Waals surface area contributed by atoms with Crippen LogP contribution in [0.25, 0.3) is 0 Å². The van der Waals surface area contributed by atoms with Crippen molar-refractivity contribution >= 4 is 5.91 Å².